The molecule has 2 amide bonds. The zero-order valence-corrected chi connectivity index (χ0v) is 18.2. The Labute approximate surface area is 187 Å². The number of hydrogen-bond acceptors (Lipinski definition) is 3. The first-order chi connectivity index (χ1) is 15.7. The standard InChI is InChI=1S/C26H27N3O3/c1-32-18-10-6-7-16(13-18)25-24-20(19-11-4-5-12-21(19)27-24)14-22-26(31)28(15-23(30)29(22)25)17-8-2-3-9-17/h4-7,10-13,17,22,25,27H,2-3,8-9,14-15H2,1H3/t22-,25+/m0/s1. The number of para-hydroxylation sites is 1. The number of aromatic amines is 1. The van der Waals surface area contributed by atoms with Gasteiger partial charge < -0.3 is 19.5 Å². The maximum Gasteiger partial charge on any atom is 0.246 e. The van der Waals surface area contributed by atoms with Crippen LogP contribution < -0.4 is 4.74 Å². The summed E-state index contributed by atoms with van der Waals surface area (Å²) in [7, 11) is 1.65. The van der Waals surface area contributed by atoms with Gasteiger partial charge in [0.25, 0.3) is 0 Å². The van der Waals surface area contributed by atoms with Crippen LogP contribution in [-0.2, 0) is 16.0 Å². The lowest BCUT2D eigenvalue weighted by Gasteiger charge is -2.48. The summed E-state index contributed by atoms with van der Waals surface area (Å²) >= 11 is 0. The van der Waals surface area contributed by atoms with Crippen molar-refractivity contribution >= 4 is 22.7 Å². The van der Waals surface area contributed by atoms with Crippen LogP contribution in [0.25, 0.3) is 10.9 Å². The first-order valence-corrected chi connectivity index (χ1v) is 11.5. The van der Waals surface area contributed by atoms with Gasteiger partial charge in [0.2, 0.25) is 11.8 Å². The van der Waals surface area contributed by atoms with Crippen LogP contribution >= 0.6 is 0 Å². The van der Waals surface area contributed by atoms with E-state index in [1.807, 2.05) is 46.2 Å². The van der Waals surface area contributed by atoms with Gasteiger partial charge in [0.15, 0.2) is 0 Å². The molecule has 2 aliphatic heterocycles. The molecule has 6 heteroatoms. The maximum atomic E-state index is 13.8. The zero-order chi connectivity index (χ0) is 21.8. The summed E-state index contributed by atoms with van der Waals surface area (Å²) < 4.78 is 5.47. The van der Waals surface area contributed by atoms with E-state index in [0.717, 1.165) is 59.2 Å². The SMILES string of the molecule is COc1cccc([C@@H]2c3[nH]c4ccccc4c3C[C@H]3C(=O)N(C4CCCC4)CC(=O)N23)c1. The predicted octanol–water partition coefficient (Wildman–Crippen LogP) is 3.80. The Balaban J connectivity index is 1.51. The molecule has 0 bridgehead atoms. The molecule has 6 rings (SSSR count). The average molecular weight is 430 g/mol. The minimum Gasteiger partial charge on any atom is -0.497 e. The van der Waals surface area contributed by atoms with Gasteiger partial charge in [-0.15, -0.1) is 0 Å². The van der Waals surface area contributed by atoms with Crippen LogP contribution in [0, 0.1) is 0 Å². The highest BCUT2D eigenvalue weighted by atomic mass is 16.5. The molecule has 3 aliphatic rings. The molecule has 1 aliphatic carbocycles. The molecule has 3 aromatic rings. The summed E-state index contributed by atoms with van der Waals surface area (Å²) in [6.07, 6.45) is 4.83. The molecule has 2 fully saturated rings. The highest BCUT2D eigenvalue weighted by Gasteiger charge is 2.49. The van der Waals surface area contributed by atoms with Crippen molar-refractivity contribution in [2.45, 2.75) is 50.2 Å². The number of amides is 2. The second kappa shape index (κ2) is 7.40. The Morgan fingerprint density at radius 2 is 1.84 bits per heavy atom. The molecule has 0 unspecified atom stereocenters. The van der Waals surface area contributed by atoms with Gasteiger partial charge in [-0.3, -0.25) is 9.59 Å². The van der Waals surface area contributed by atoms with Gasteiger partial charge in [0.1, 0.15) is 18.3 Å². The Bertz CT molecular complexity index is 1210. The minimum atomic E-state index is -0.472. The van der Waals surface area contributed by atoms with Crippen molar-refractivity contribution in [3.05, 3.63) is 65.4 Å². The van der Waals surface area contributed by atoms with Crippen molar-refractivity contribution in [3.8, 4) is 5.75 Å². The van der Waals surface area contributed by atoms with Gasteiger partial charge in [0, 0.05) is 29.1 Å². The molecular formula is C26H27N3O3. The molecule has 1 saturated carbocycles. The number of nitrogens with one attached hydrogen (secondary N) is 1. The molecule has 2 aromatic carbocycles. The van der Waals surface area contributed by atoms with Crippen LogP contribution in [-0.4, -0.2) is 52.3 Å². The number of H-pyrrole nitrogens is 1. The topological polar surface area (TPSA) is 65.6 Å². The summed E-state index contributed by atoms with van der Waals surface area (Å²) in [6, 6.07) is 15.4. The second-order valence-corrected chi connectivity index (χ2v) is 9.17. The normalized spacial score (nSPS) is 23.5. The van der Waals surface area contributed by atoms with Crippen molar-refractivity contribution in [1.29, 1.82) is 0 Å². The number of carbonyl (C=O) groups is 2. The predicted molar refractivity (Wildman–Crippen MR) is 121 cm³/mol. The monoisotopic (exact) mass is 429 g/mol. The number of ether oxygens (including phenoxy) is 1. The van der Waals surface area contributed by atoms with Crippen LogP contribution in [0.2, 0.25) is 0 Å². The minimum absolute atomic E-state index is 0.0265. The first kappa shape index (κ1) is 19.4. The Morgan fingerprint density at radius 1 is 1.03 bits per heavy atom. The number of methoxy groups -OCH3 is 1. The molecule has 2 atom stereocenters. The smallest absolute Gasteiger partial charge is 0.246 e. The third-order valence-corrected chi connectivity index (χ3v) is 7.47. The quantitative estimate of drug-likeness (QED) is 0.689. The molecule has 3 heterocycles. The van der Waals surface area contributed by atoms with Crippen LogP contribution in [0.5, 0.6) is 5.75 Å². The van der Waals surface area contributed by atoms with Crippen LogP contribution in [0.3, 0.4) is 0 Å². The number of aromatic nitrogens is 1. The van der Waals surface area contributed by atoms with Gasteiger partial charge in [-0.2, -0.15) is 0 Å². The summed E-state index contributed by atoms with van der Waals surface area (Å²) in [5, 5.41) is 1.13. The van der Waals surface area contributed by atoms with Crippen LogP contribution in [0.4, 0.5) is 0 Å². The lowest BCUT2D eigenvalue weighted by atomic mass is 9.86. The van der Waals surface area contributed by atoms with Gasteiger partial charge in [0.05, 0.1) is 13.2 Å². The van der Waals surface area contributed by atoms with Gasteiger partial charge in [-0.1, -0.05) is 43.2 Å². The van der Waals surface area contributed by atoms with E-state index in [4.69, 9.17) is 4.74 Å². The number of nitrogens with zero attached hydrogens (tertiary/aromatic N) is 2. The molecule has 32 heavy (non-hydrogen) atoms. The molecule has 1 aromatic heterocycles. The zero-order valence-electron chi connectivity index (χ0n) is 18.2. The summed E-state index contributed by atoms with van der Waals surface area (Å²) in [5.74, 6) is 0.865. The van der Waals surface area contributed by atoms with Crippen molar-refractivity contribution in [3.63, 3.8) is 0 Å². The van der Waals surface area contributed by atoms with E-state index >= 15 is 0 Å². The van der Waals surface area contributed by atoms with Gasteiger partial charge >= 0.3 is 0 Å². The van der Waals surface area contributed by atoms with E-state index in [-0.39, 0.29) is 30.4 Å². The fourth-order valence-corrected chi connectivity index (χ4v) is 5.97. The molecule has 0 radical (unpaired) electrons. The van der Waals surface area contributed by atoms with Gasteiger partial charge in [-0.05, 0) is 42.2 Å². The molecule has 6 nitrogen and oxygen atoms in total. The van der Waals surface area contributed by atoms with E-state index in [9.17, 15) is 9.59 Å². The van der Waals surface area contributed by atoms with E-state index in [2.05, 4.69) is 17.1 Å². The van der Waals surface area contributed by atoms with Gasteiger partial charge in [-0.25, -0.2) is 0 Å². The Morgan fingerprint density at radius 3 is 2.66 bits per heavy atom. The number of rotatable bonds is 3. The van der Waals surface area contributed by atoms with Crippen molar-refractivity contribution in [2.75, 3.05) is 13.7 Å². The molecule has 1 saturated heterocycles. The van der Waals surface area contributed by atoms with E-state index < -0.39 is 6.04 Å². The number of hydrogen-bond donors (Lipinski definition) is 1. The number of fused-ring (bicyclic) bond motifs is 4. The third kappa shape index (κ3) is 2.85. The molecule has 1 N–H and O–H groups in total. The second-order valence-electron chi connectivity index (χ2n) is 9.17. The van der Waals surface area contributed by atoms with E-state index in [1.165, 1.54) is 0 Å². The van der Waals surface area contributed by atoms with Crippen molar-refractivity contribution < 1.29 is 14.3 Å². The van der Waals surface area contributed by atoms with Crippen molar-refractivity contribution in [2.24, 2.45) is 0 Å². The molecular weight excluding hydrogens is 402 g/mol. The lowest BCUT2D eigenvalue weighted by molar-refractivity contribution is -0.160. The number of piperazine rings is 1. The third-order valence-electron chi connectivity index (χ3n) is 7.47. The Hall–Kier alpha value is -3.28. The van der Waals surface area contributed by atoms with E-state index in [1.54, 1.807) is 7.11 Å². The fraction of sp³-hybridized carbons (Fsp3) is 0.385. The largest absolute Gasteiger partial charge is 0.497 e. The average Bonchev–Trinajstić information content (AvgIpc) is 3.48. The molecule has 164 valence electrons. The van der Waals surface area contributed by atoms with Crippen molar-refractivity contribution in [1.82, 2.24) is 14.8 Å². The lowest BCUT2D eigenvalue weighted by Crippen LogP contribution is -2.64. The summed E-state index contributed by atoms with van der Waals surface area (Å²) in [4.78, 5) is 34.6. The highest BCUT2D eigenvalue weighted by molar-refractivity contribution is 5.97. The maximum absolute atomic E-state index is 13.8. The summed E-state index contributed by atoms with van der Waals surface area (Å²) in [6.45, 7) is 0.177. The fourth-order valence-electron chi connectivity index (χ4n) is 5.97. The number of carbonyl (C=O) groups excluding carboxylic acids is 2. The molecule has 0 spiro atoms. The van der Waals surface area contributed by atoms with Crippen LogP contribution in [0.1, 0.15) is 48.5 Å². The van der Waals surface area contributed by atoms with Crippen LogP contribution in [0.15, 0.2) is 48.5 Å². The van der Waals surface area contributed by atoms with E-state index in [0.29, 0.717) is 6.42 Å². The number of benzene rings is 2. The Kier molecular flexibility index (Phi) is 4.49. The summed E-state index contributed by atoms with van der Waals surface area (Å²) in [5.41, 5.74) is 4.14. The first-order valence-electron chi connectivity index (χ1n) is 11.5. The highest BCUT2D eigenvalue weighted by Crippen LogP contribution is 2.43.